The standard InChI is InChI=1S/C11H17NO.C3H7NO2.BrH/c1-2-3-4-5-8-12-9-6-7-11(13)10-12;1-4(2)3(5)6;/h6-7,9-10H,2-5,8H2,1H3;1-2H3,(H,5,6);1H. The highest BCUT2D eigenvalue weighted by molar-refractivity contribution is 8.93. The Hall–Kier alpha value is -1.30. The molecule has 1 aromatic rings. The van der Waals surface area contributed by atoms with Crippen molar-refractivity contribution in [2.75, 3.05) is 14.1 Å². The molecule has 0 atom stereocenters. The first-order valence-corrected chi connectivity index (χ1v) is 6.53. The molecule has 0 unspecified atom stereocenters. The van der Waals surface area contributed by atoms with Gasteiger partial charge in [-0.05, 0) is 12.5 Å². The molecule has 6 heteroatoms. The molecule has 116 valence electrons. The second-order valence-electron chi connectivity index (χ2n) is 4.52. The summed E-state index contributed by atoms with van der Waals surface area (Å²) in [6.07, 6.45) is 7.65. The van der Waals surface area contributed by atoms with Gasteiger partial charge in [0, 0.05) is 26.6 Å². The molecule has 1 rings (SSSR count). The van der Waals surface area contributed by atoms with Crippen LogP contribution in [0, 0.1) is 0 Å². The summed E-state index contributed by atoms with van der Waals surface area (Å²) in [5, 5.41) is 18.7. The van der Waals surface area contributed by atoms with Gasteiger partial charge < -0.3 is 19.9 Å². The Balaban J connectivity index is 0. The summed E-state index contributed by atoms with van der Waals surface area (Å²) in [6, 6.07) is 3.57. The number of carbonyl (C=O) groups is 1. The SMILES string of the molecule is Br.CCCCCC[n+]1cccc(O)c1.CN(C)C(=O)[O-]. The van der Waals surface area contributed by atoms with E-state index in [-0.39, 0.29) is 17.0 Å². The summed E-state index contributed by atoms with van der Waals surface area (Å²) in [5.41, 5.74) is 0. The van der Waals surface area contributed by atoms with E-state index in [1.54, 1.807) is 12.3 Å². The Labute approximate surface area is 131 Å². The third kappa shape index (κ3) is 11.8. The Morgan fingerprint density at radius 1 is 1.35 bits per heavy atom. The minimum absolute atomic E-state index is 0. The zero-order valence-corrected chi connectivity index (χ0v) is 14.1. The van der Waals surface area contributed by atoms with E-state index >= 15 is 0 Å². The molecule has 0 aromatic carbocycles. The monoisotopic (exact) mass is 348 g/mol. The number of carbonyl (C=O) groups excluding carboxylic acids is 1. The van der Waals surface area contributed by atoms with Crippen LogP contribution in [0.15, 0.2) is 24.5 Å². The van der Waals surface area contributed by atoms with E-state index in [9.17, 15) is 15.0 Å². The summed E-state index contributed by atoms with van der Waals surface area (Å²) in [5.74, 6) is 0.345. The van der Waals surface area contributed by atoms with E-state index in [2.05, 4.69) is 6.92 Å². The number of hydrogen-bond acceptors (Lipinski definition) is 3. The minimum atomic E-state index is -1.16. The molecule has 20 heavy (non-hydrogen) atoms. The van der Waals surface area contributed by atoms with E-state index < -0.39 is 6.09 Å². The molecular weight excluding hydrogens is 324 g/mol. The van der Waals surface area contributed by atoms with Crippen molar-refractivity contribution in [3.05, 3.63) is 24.5 Å². The topological polar surface area (TPSA) is 67.5 Å². The number of amides is 1. The number of carboxylic acid groups (broad SMARTS) is 1. The van der Waals surface area contributed by atoms with Gasteiger partial charge in [0.1, 0.15) is 12.6 Å². The average Bonchev–Trinajstić information content (AvgIpc) is 2.35. The number of unbranched alkanes of at least 4 members (excludes halogenated alkanes) is 3. The number of hydrogen-bond donors (Lipinski definition) is 1. The fourth-order valence-corrected chi connectivity index (χ4v) is 1.37. The van der Waals surface area contributed by atoms with Crippen LogP contribution in [0.3, 0.4) is 0 Å². The third-order valence-corrected chi connectivity index (χ3v) is 2.48. The molecule has 0 aliphatic rings. The Morgan fingerprint density at radius 3 is 2.40 bits per heavy atom. The van der Waals surface area contributed by atoms with Crippen LogP contribution in [0.25, 0.3) is 0 Å². The number of aromatic hydroxyl groups is 1. The summed E-state index contributed by atoms with van der Waals surface area (Å²) >= 11 is 0. The molecule has 1 aromatic heterocycles. The van der Waals surface area contributed by atoms with Crippen molar-refractivity contribution in [1.29, 1.82) is 0 Å². The van der Waals surface area contributed by atoms with Crippen LogP contribution in [-0.4, -0.2) is 30.2 Å². The summed E-state index contributed by atoms with van der Waals surface area (Å²) in [4.78, 5) is 10.5. The number of pyridine rings is 1. The van der Waals surface area contributed by atoms with Gasteiger partial charge in [-0.2, -0.15) is 0 Å². The molecule has 0 spiro atoms. The first-order valence-electron chi connectivity index (χ1n) is 6.53. The molecule has 0 saturated carbocycles. The maximum atomic E-state index is 9.51. The molecule has 1 heterocycles. The van der Waals surface area contributed by atoms with Gasteiger partial charge in [-0.15, -0.1) is 17.0 Å². The molecule has 1 N–H and O–H groups in total. The summed E-state index contributed by atoms with van der Waals surface area (Å²) in [6.45, 7) is 3.22. The normalized spacial score (nSPS) is 8.95. The van der Waals surface area contributed by atoms with Gasteiger partial charge in [-0.3, -0.25) is 0 Å². The lowest BCUT2D eigenvalue weighted by molar-refractivity contribution is -0.697. The highest BCUT2D eigenvalue weighted by Gasteiger charge is 2.00. The largest absolute Gasteiger partial charge is 0.530 e. The van der Waals surface area contributed by atoms with Crippen LogP contribution in [0.5, 0.6) is 5.75 Å². The van der Waals surface area contributed by atoms with Crippen molar-refractivity contribution < 1.29 is 19.6 Å². The van der Waals surface area contributed by atoms with E-state index in [1.807, 2.05) is 16.8 Å². The lowest BCUT2D eigenvalue weighted by Crippen LogP contribution is -2.35. The van der Waals surface area contributed by atoms with Crippen LogP contribution >= 0.6 is 17.0 Å². The molecular formula is C14H25BrN2O3. The highest BCUT2D eigenvalue weighted by Crippen LogP contribution is 2.02. The number of halogens is 1. The third-order valence-electron chi connectivity index (χ3n) is 2.48. The molecule has 0 aliphatic heterocycles. The lowest BCUT2D eigenvalue weighted by atomic mass is 10.2. The fourth-order valence-electron chi connectivity index (χ4n) is 1.37. The Bertz CT molecular complexity index is 373. The number of nitrogens with zero attached hydrogens (tertiary/aromatic N) is 2. The Morgan fingerprint density at radius 2 is 1.95 bits per heavy atom. The van der Waals surface area contributed by atoms with Gasteiger partial charge >= 0.3 is 0 Å². The van der Waals surface area contributed by atoms with E-state index in [0.29, 0.717) is 5.75 Å². The first kappa shape index (κ1) is 21.0. The van der Waals surface area contributed by atoms with Crippen molar-refractivity contribution in [2.45, 2.75) is 39.2 Å². The Kier molecular flexibility index (Phi) is 13.4. The van der Waals surface area contributed by atoms with Crippen molar-refractivity contribution in [3.8, 4) is 5.75 Å². The second-order valence-corrected chi connectivity index (χ2v) is 4.52. The summed E-state index contributed by atoms with van der Waals surface area (Å²) in [7, 11) is 2.82. The van der Waals surface area contributed by atoms with E-state index in [1.165, 1.54) is 39.8 Å². The fraction of sp³-hybridized carbons (Fsp3) is 0.571. The van der Waals surface area contributed by atoms with Crippen LogP contribution in [0.1, 0.15) is 32.6 Å². The maximum absolute atomic E-state index is 9.51. The van der Waals surface area contributed by atoms with Crippen LogP contribution in [-0.2, 0) is 6.54 Å². The van der Waals surface area contributed by atoms with Gasteiger partial charge in [0.15, 0.2) is 11.9 Å². The average molecular weight is 349 g/mol. The van der Waals surface area contributed by atoms with Gasteiger partial charge in [0.25, 0.3) is 0 Å². The van der Waals surface area contributed by atoms with Crippen LogP contribution < -0.4 is 9.67 Å². The van der Waals surface area contributed by atoms with Crippen molar-refractivity contribution in [2.24, 2.45) is 0 Å². The highest BCUT2D eigenvalue weighted by atomic mass is 79.9. The molecule has 5 nitrogen and oxygen atoms in total. The van der Waals surface area contributed by atoms with Gasteiger partial charge in [-0.25, -0.2) is 4.57 Å². The predicted octanol–water partition coefficient (Wildman–Crippen LogP) is 1.73. The predicted molar refractivity (Wildman–Crippen MR) is 81.8 cm³/mol. The molecule has 0 fully saturated rings. The van der Waals surface area contributed by atoms with E-state index in [0.717, 1.165) is 11.4 Å². The quantitative estimate of drug-likeness (QED) is 0.650. The first-order chi connectivity index (χ1) is 8.97. The van der Waals surface area contributed by atoms with E-state index in [4.69, 9.17) is 0 Å². The van der Waals surface area contributed by atoms with Crippen molar-refractivity contribution in [3.63, 3.8) is 0 Å². The van der Waals surface area contributed by atoms with Gasteiger partial charge in [0.2, 0.25) is 6.20 Å². The molecule has 0 saturated heterocycles. The second kappa shape index (κ2) is 12.7. The maximum Gasteiger partial charge on any atom is 0.210 e. The molecule has 1 amide bonds. The minimum Gasteiger partial charge on any atom is -0.530 e. The van der Waals surface area contributed by atoms with Crippen molar-refractivity contribution >= 4 is 23.1 Å². The number of aromatic nitrogens is 1. The lowest BCUT2D eigenvalue weighted by Gasteiger charge is -2.10. The molecule has 0 bridgehead atoms. The number of aryl methyl sites for hydroxylation is 1. The molecule has 0 aliphatic carbocycles. The van der Waals surface area contributed by atoms with Crippen molar-refractivity contribution in [1.82, 2.24) is 4.90 Å². The van der Waals surface area contributed by atoms with Crippen LogP contribution in [0.4, 0.5) is 4.79 Å². The zero-order chi connectivity index (χ0) is 14.7. The van der Waals surface area contributed by atoms with Crippen LogP contribution in [0.2, 0.25) is 0 Å². The zero-order valence-electron chi connectivity index (χ0n) is 12.4. The van der Waals surface area contributed by atoms with Gasteiger partial charge in [-0.1, -0.05) is 19.8 Å². The molecule has 0 radical (unpaired) electrons. The van der Waals surface area contributed by atoms with Gasteiger partial charge in [0.05, 0.1) is 0 Å². The summed E-state index contributed by atoms with van der Waals surface area (Å²) < 4.78 is 2.03. The smallest absolute Gasteiger partial charge is 0.210 e. The number of rotatable bonds is 5.